The van der Waals surface area contributed by atoms with Crippen molar-refractivity contribution >= 4 is 11.8 Å². The second-order valence-electron chi connectivity index (χ2n) is 5.96. The van der Waals surface area contributed by atoms with Crippen molar-refractivity contribution in [1.82, 2.24) is 0 Å². The van der Waals surface area contributed by atoms with E-state index < -0.39 is 0 Å². The number of thioether (sulfide) groups is 1. The molecule has 0 atom stereocenters. The van der Waals surface area contributed by atoms with E-state index in [1.807, 2.05) is 0 Å². The molecule has 18 heavy (non-hydrogen) atoms. The lowest BCUT2D eigenvalue weighted by Gasteiger charge is -2.19. The first-order valence-corrected chi connectivity index (χ1v) is 9.60. The second kappa shape index (κ2) is 12.4. The Morgan fingerprint density at radius 1 is 0.722 bits per heavy atom. The van der Waals surface area contributed by atoms with E-state index in [9.17, 15) is 0 Å². The molecule has 0 aliphatic heterocycles. The molecule has 0 bridgehead atoms. The Balaban J connectivity index is 1.86. The van der Waals surface area contributed by atoms with Crippen LogP contribution < -0.4 is 0 Å². The Morgan fingerprint density at radius 2 is 1.28 bits per heavy atom. The number of hydrogen-bond acceptors (Lipinski definition) is 1. The normalized spacial score (nSPS) is 18.5. The summed E-state index contributed by atoms with van der Waals surface area (Å²) in [5, 5.41) is 1.00. The van der Waals surface area contributed by atoms with Gasteiger partial charge in [-0.25, -0.2) is 0 Å². The highest BCUT2D eigenvalue weighted by molar-refractivity contribution is 7.99. The zero-order chi connectivity index (χ0) is 12.9. The molecule has 0 N–H and O–H groups in total. The van der Waals surface area contributed by atoms with Crippen LogP contribution in [0.1, 0.15) is 96.8 Å². The summed E-state index contributed by atoms with van der Waals surface area (Å²) in [6.07, 6.45) is 20.6. The Kier molecular flexibility index (Phi) is 11.3. The molecule has 1 aliphatic rings. The fraction of sp³-hybridized carbons (Fsp3) is 1.00. The average molecular weight is 271 g/mol. The minimum Gasteiger partial charge on any atom is -0.159 e. The molecule has 1 aliphatic carbocycles. The van der Waals surface area contributed by atoms with Gasteiger partial charge in [-0.2, -0.15) is 11.8 Å². The molecule has 0 heterocycles. The van der Waals surface area contributed by atoms with Crippen molar-refractivity contribution in [3.63, 3.8) is 0 Å². The number of unbranched alkanes of at least 4 members (excludes halogenated alkanes) is 6. The third kappa shape index (κ3) is 9.30. The van der Waals surface area contributed by atoms with Gasteiger partial charge in [0.1, 0.15) is 0 Å². The molecule has 1 heteroatoms. The van der Waals surface area contributed by atoms with Crippen molar-refractivity contribution in [2.24, 2.45) is 0 Å². The fourth-order valence-electron chi connectivity index (χ4n) is 2.89. The predicted molar refractivity (Wildman–Crippen MR) is 86.6 cm³/mol. The number of hydrogen-bond donors (Lipinski definition) is 0. The van der Waals surface area contributed by atoms with Crippen LogP contribution in [0.4, 0.5) is 0 Å². The monoisotopic (exact) mass is 270 g/mol. The van der Waals surface area contributed by atoms with Crippen molar-refractivity contribution in [3.8, 4) is 0 Å². The van der Waals surface area contributed by atoms with Crippen molar-refractivity contribution < 1.29 is 0 Å². The molecule has 0 saturated heterocycles. The molecule has 0 spiro atoms. The topological polar surface area (TPSA) is 0 Å². The van der Waals surface area contributed by atoms with Gasteiger partial charge in [0, 0.05) is 5.25 Å². The van der Waals surface area contributed by atoms with Crippen LogP contribution in [0.15, 0.2) is 0 Å². The fourth-order valence-corrected chi connectivity index (χ4v) is 4.27. The van der Waals surface area contributed by atoms with Gasteiger partial charge >= 0.3 is 0 Å². The maximum atomic E-state index is 2.30. The maximum absolute atomic E-state index is 2.30. The minimum atomic E-state index is 1.00. The van der Waals surface area contributed by atoms with Crippen LogP contribution in [-0.2, 0) is 0 Å². The molecule has 108 valence electrons. The van der Waals surface area contributed by atoms with E-state index in [4.69, 9.17) is 0 Å². The van der Waals surface area contributed by atoms with Crippen LogP contribution >= 0.6 is 11.8 Å². The molecule has 0 radical (unpaired) electrons. The SMILES string of the molecule is CCCCCCCCCSC1CCCCCCC1. The smallest absolute Gasteiger partial charge is 0.00470 e. The standard InChI is InChI=1S/C17H34S/c1-2-3-4-5-6-10-13-16-18-17-14-11-8-7-9-12-15-17/h17H,2-16H2,1H3. The lowest BCUT2D eigenvalue weighted by atomic mass is 10.0. The van der Waals surface area contributed by atoms with E-state index in [1.54, 1.807) is 0 Å². The molecule has 0 unspecified atom stereocenters. The van der Waals surface area contributed by atoms with Crippen LogP contribution in [0.5, 0.6) is 0 Å². The predicted octanol–water partition coefficient (Wildman–Crippen LogP) is 6.58. The van der Waals surface area contributed by atoms with Gasteiger partial charge in [0.05, 0.1) is 0 Å². The molecule has 1 fully saturated rings. The Morgan fingerprint density at radius 3 is 1.94 bits per heavy atom. The summed E-state index contributed by atoms with van der Waals surface area (Å²) in [6.45, 7) is 2.30. The summed E-state index contributed by atoms with van der Waals surface area (Å²) in [6, 6.07) is 0. The van der Waals surface area contributed by atoms with Crippen LogP contribution in [0.3, 0.4) is 0 Å². The van der Waals surface area contributed by atoms with E-state index in [1.165, 1.54) is 95.6 Å². The van der Waals surface area contributed by atoms with Gasteiger partial charge in [-0.1, -0.05) is 77.6 Å². The minimum absolute atomic E-state index is 1.00. The first-order valence-electron chi connectivity index (χ1n) is 8.55. The first-order chi connectivity index (χ1) is 8.93. The van der Waals surface area contributed by atoms with Crippen molar-refractivity contribution in [2.45, 2.75) is 102 Å². The number of rotatable bonds is 9. The van der Waals surface area contributed by atoms with Crippen LogP contribution in [0.25, 0.3) is 0 Å². The van der Waals surface area contributed by atoms with E-state index in [0.29, 0.717) is 0 Å². The second-order valence-corrected chi connectivity index (χ2v) is 7.37. The third-order valence-electron chi connectivity index (χ3n) is 4.15. The summed E-state index contributed by atoms with van der Waals surface area (Å²) in [4.78, 5) is 0. The first kappa shape index (κ1) is 16.4. The van der Waals surface area contributed by atoms with E-state index in [0.717, 1.165) is 5.25 Å². The lowest BCUT2D eigenvalue weighted by molar-refractivity contribution is 0.512. The molecule has 0 aromatic heterocycles. The van der Waals surface area contributed by atoms with Crippen molar-refractivity contribution in [3.05, 3.63) is 0 Å². The molecule has 1 rings (SSSR count). The van der Waals surface area contributed by atoms with Crippen molar-refractivity contribution in [2.75, 3.05) is 5.75 Å². The summed E-state index contributed by atoms with van der Waals surface area (Å²) >= 11 is 2.29. The summed E-state index contributed by atoms with van der Waals surface area (Å²) < 4.78 is 0. The molecular weight excluding hydrogens is 236 g/mol. The van der Waals surface area contributed by atoms with Crippen LogP contribution in [0, 0.1) is 0 Å². The van der Waals surface area contributed by atoms with Crippen molar-refractivity contribution in [1.29, 1.82) is 0 Å². The molecule has 0 aromatic carbocycles. The third-order valence-corrected chi connectivity index (χ3v) is 5.62. The largest absolute Gasteiger partial charge is 0.159 e. The highest BCUT2D eigenvalue weighted by atomic mass is 32.2. The molecule has 0 nitrogen and oxygen atoms in total. The van der Waals surface area contributed by atoms with Gasteiger partial charge in [-0.3, -0.25) is 0 Å². The van der Waals surface area contributed by atoms with Gasteiger partial charge in [0.2, 0.25) is 0 Å². The zero-order valence-corrected chi connectivity index (χ0v) is 13.4. The van der Waals surface area contributed by atoms with Crippen LogP contribution in [0.2, 0.25) is 0 Å². The van der Waals surface area contributed by atoms with Gasteiger partial charge in [0.15, 0.2) is 0 Å². The lowest BCUT2D eigenvalue weighted by Crippen LogP contribution is -2.06. The zero-order valence-electron chi connectivity index (χ0n) is 12.6. The van der Waals surface area contributed by atoms with Gasteiger partial charge in [0.25, 0.3) is 0 Å². The van der Waals surface area contributed by atoms with Gasteiger partial charge < -0.3 is 0 Å². The quantitative estimate of drug-likeness (QED) is 0.426. The summed E-state index contributed by atoms with van der Waals surface area (Å²) in [7, 11) is 0. The Hall–Kier alpha value is 0.350. The Bertz CT molecular complexity index is 159. The van der Waals surface area contributed by atoms with E-state index in [2.05, 4.69) is 18.7 Å². The maximum Gasteiger partial charge on any atom is 0.00470 e. The molecule has 0 amide bonds. The summed E-state index contributed by atoms with van der Waals surface area (Å²) in [5.41, 5.74) is 0. The highest BCUT2D eigenvalue weighted by Gasteiger charge is 2.10. The Labute approximate surface area is 120 Å². The molecule has 1 saturated carbocycles. The van der Waals surface area contributed by atoms with E-state index >= 15 is 0 Å². The molecular formula is C17H34S. The van der Waals surface area contributed by atoms with Crippen LogP contribution in [-0.4, -0.2) is 11.0 Å². The molecule has 0 aromatic rings. The summed E-state index contributed by atoms with van der Waals surface area (Å²) in [5.74, 6) is 1.43. The van der Waals surface area contributed by atoms with Gasteiger partial charge in [-0.15, -0.1) is 0 Å². The highest BCUT2D eigenvalue weighted by Crippen LogP contribution is 2.27. The van der Waals surface area contributed by atoms with E-state index in [-0.39, 0.29) is 0 Å². The van der Waals surface area contributed by atoms with Gasteiger partial charge in [-0.05, 0) is 25.0 Å². The average Bonchev–Trinajstić information content (AvgIpc) is 2.34.